The van der Waals surface area contributed by atoms with Gasteiger partial charge in [0.25, 0.3) is 0 Å². The molecule has 2 aromatic carbocycles. The minimum Gasteiger partial charge on any atom is -0.130 e. The molecule has 0 aliphatic heterocycles. The third-order valence-electron chi connectivity index (χ3n) is 3.38. The first kappa shape index (κ1) is 12.6. The molecule has 0 saturated carbocycles. The second-order valence-corrected chi connectivity index (χ2v) is 4.30. The minimum atomic E-state index is 0. The van der Waals surface area contributed by atoms with Crippen LogP contribution in [-0.4, -0.2) is 0 Å². The molecule has 0 nitrogen and oxygen atoms in total. The number of benzene rings is 1. The zero-order valence-corrected chi connectivity index (χ0v) is 12.5. The van der Waals surface area contributed by atoms with E-state index in [2.05, 4.69) is 55.5 Å². The van der Waals surface area contributed by atoms with Crippen LogP contribution in [0.4, 0.5) is 0 Å². The van der Waals surface area contributed by atoms with Crippen LogP contribution < -0.4 is 0 Å². The summed E-state index contributed by atoms with van der Waals surface area (Å²) < 4.78 is 0. The van der Waals surface area contributed by atoms with E-state index in [0.29, 0.717) is 0 Å². The van der Waals surface area contributed by atoms with Crippen molar-refractivity contribution in [2.45, 2.75) is 19.8 Å². The standard InChI is InChI=1S/C16H15.Zr/c1-2-14-15-10-6-5-9-13(15)11-16(14)12-7-3-4-8-12;/h3-7,9-11H,2,8H2,1H3;/q-1;. The van der Waals surface area contributed by atoms with E-state index in [0.717, 1.165) is 12.8 Å². The fourth-order valence-corrected chi connectivity index (χ4v) is 2.60. The van der Waals surface area contributed by atoms with Crippen LogP contribution in [0.2, 0.25) is 0 Å². The average molecular weight is 299 g/mol. The topological polar surface area (TPSA) is 0 Å². The summed E-state index contributed by atoms with van der Waals surface area (Å²) >= 11 is 0. The van der Waals surface area contributed by atoms with Crippen molar-refractivity contribution in [3.05, 3.63) is 59.7 Å². The molecule has 1 aliphatic rings. The summed E-state index contributed by atoms with van der Waals surface area (Å²) in [6.07, 6.45) is 8.83. The molecule has 84 valence electrons. The van der Waals surface area contributed by atoms with Crippen LogP contribution in [-0.2, 0) is 32.6 Å². The molecule has 0 amide bonds. The first-order valence-corrected chi connectivity index (χ1v) is 5.93. The molecule has 0 radical (unpaired) electrons. The Morgan fingerprint density at radius 3 is 2.76 bits per heavy atom. The Balaban J connectivity index is 0.00000108. The van der Waals surface area contributed by atoms with Crippen LogP contribution in [0.3, 0.4) is 0 Å². The Kier molecular flexibility index (Phi) is 3.89. The zero-order valence-electron chi connectivity index (χ0n) is 10.0. The van der Waals surface area contributed by atoms with Crippen molar-refractivity contribution in [2.24, 2.45) is 0 Å². The SMILES string of the molecule is CCc1c(C2=CC=CC2)[cH-]c2ccccc12.[Zr]. The maximum absolute atomic E-state index is 2.34. The van der Waals surface area contributed by atoms with E-state index in [4.69, 9.17) is 0 Å². The van der Waals surface area contributed by atoms with Gasteiger partial charge in [-0.3, -0.25) is 0 Å². The summed E-state index contributed by atoms with van der Waals surface area (Å²) in [5.74, 6) is 0. The van der Waals surface area contributed by atoms with Gasteiger partial charge in [0.1, 0.15) is 0 Å². The first-order valence-electron chi connectivity index (χ1n) is 5.93. The van der Waals surface area contributed by atoms with Gasteiger partial charge in [-0.2, -0.15) is 0 Å². The van der Waals surface area contributed by atoms with Gasteiger partial charge in [-0.25, -0.2) is 0 Å². The second-order valence-electron chi connectivity index (χ2n) is 4.30. The fourth-order valence-electron chi connectivity index (χ4n) is 2.60. The van der Waals surface area contributed by atoms with Gasteiger partial charge in [0.15, 0.2) is 0 Å². The Morgan fingerprint density at radius 1 is 1.24 bits per heavy atom. The van der Waals surface area contributed by atoms with Gasteiger partial charge in [0, 0.05) is 26.2 Å². The molecule has 0 fully saturated rings. The molecule has 0 aromatic heterocycles. The van der Waals surface area contributed by atoms with E-state index in [-0.39, 0.29) is 26.2 Å². The molecule has 1 heteroatoms. The summed E-state index contributed by atoms with van der Waals surface area (Å²) in [5, 5.41) is 2.80. The maximum atomic E-state index is 2.34. The Morgan fingerprint density at radius 2 is 2.06 bits per heavy atom. The molecule has 2 aromatic rings. The van der Waals surface area contributed by atoms with Crippen molar-refractivity contribution in [3.63, 3.8) is 0 Å². The van der Waals surface area contributed by atoms with Crippen molar-refractivity contribution in [2.75, 3.05) is 0 Å². The largest absolute Gasteiger partial charge is 0.130 e. The van der Waals surface area contributed by atoms with E-state index in [9.17, 15) is 0 Å². The number of hydrogen-bond donors (Lipinski definition) is 0. The molecule has 3 rings (SSSR count). The van der Waals surface area contributed by atoms with Gasteiger partial charge in [-0.15, -0.1) is 39.6 Å². The Hall–Kier alpha value is -0.807. The van der Waals surface area contributed by atoms with Gasteiger partial charge in [-0.05, 0) is 6.42 Å². The number of allylic oxidation sites excluding steroid dienone is 4. The van der Waals surface area contributed by atoms with E-state index < -0.39 is 0 Å². The summed E-state index contributed by atoms with van der Waals surface area (Å²) in [6.45, 7) is 2.24. The number of hydrogen-bond acceptors (Lipinski definition) is 0. The van der Waals surface area contributed by atoms with Crippen molar-refractivity contribution < 1.29 is 26.2 Å². The predicted molar refractivity (Wildman–Crippen MR) is 70.7 cm³/mol. The van der Waals surface area contributed by atoms with Crippen LogP contribution in [0, 0.1) is 0 Å². The van der Waals surface area contributed by atoms with Crippen molar-refractivity contribution in [1.82, 2.24) is 0 Å². The Labute approximate surface area is 122 Å². The van der Waals surface area contributed by atoms with Crippen molar-refractivity contribution in [3.8, 4) is 0 Å². The van der Waals surface area contributed by atoms with Gasteiger partial charge >= 0.3 is 0 Å². The van der Waals surface area contributed by atoms with E-state index in [1.165, 1.54) is 27.5 Å². The predicted octanol–water partition coefficient (Wildman–Crippen LogP) is 4.46. The first-order chi connectivity index (χ1) is 7.90. The summed E-state index contributed by atoms with van der Waals surface area (Å²) in [6, 6.07) is 11.0. The van der Waals surface area contributed by atoms with Gasteiger partial charge in [0.05, 0.1) is 0 Å². The van der Waals surface area contributed by atoms with E-state index >= 15 is 0 Å². The molecular formula is C16H15Zr-. The molecule has 0 atom stereocenters. The second kappa shape index (κ2) is 5.23. The van der Waals surface area contributed by atoms with Crippen molar-refractivity contribution in [1.29, 1.82) is 0 Å². The van der Waals surface area contributed by atoms with Gasteiger partial charge in [-0.1, -0.05) is 49.8 Å². The smallest absolute Gasteiger partial charge is 0 e. The molecule has 0 heterocycles. The summed E-state index contributed by atoms with van der Waals surface area (Å²) in [4.78, 5) is 0. The molecule has 1 aliphatic carbocycles. The molecule has 17 heavy (non-hydrogen) atoms. The monoisotopic (exact) mass is 297 g/mol. The maximum Gasteiger partial charge on any atom is 0 e. The molecule has 0 bridgehead atoms. The Bertz CT molecular complexity index is 585. The molecular weight excluding hydrogens is 283 g/mol. The van der Waals surface area contributed by atoms with Crippen LogP contribution in [0.15, 0.2) is 48.6 Å². The number of fused-ring (bicyclic) bond motifs is 1. The van der Waals surface area contributed by atoms with Crippen LogP contribution in [0.5, 0.6) is 0 Å². The molecule has 0 unspecified atom stereocenters. The van der Waals surface area contributed by atoms with Crippen molar-refractivity contribution >= 4 is 16.3 Å². The molecule has 0 saturated heterocycles. The minimum absolute atomic E-state index is 0. The number of aryl methyl sites for hydroxylation is 1. The quantitative estimate of drug-likeness (QED) is 0.718. The molecule has 0 spiro atoms. The third kappa shape index (κ3) is 2.14. The normalized spacial score (nSPS) is 13.8. The van der Waals surface area contributed by atoms with Gasteiger partial charge < -0.3 is 0 Å². The summed E-state index contributed by atoms with van der Waals surface area (Å²) in [5.41, 5.74) is 4.42. The van der Waals surface area contributed by atoms with Crippen LogP contribution in [0.1, 0.15) is 24.5 Å². The zero-order chi connectivity index (χ0) is 11.0. The van der Waals surface area contributed by atoms with E-state index in [1.807, 2.05) is 0 Å². The van der Waals surface area contributed by atoms with Crippen LogP contribution >= 0.6 is 0 Å². The average Bonchev–Trinajstić information content (AvgIpc) is 2.95. The fraction of sp³-hybridized carbons (Fsp3) is 0.188. The number of rotatable bonds is 2. The van der Waals surface area contributed by atoms with E-state index in [1.54, 1.807) is 0 Å². The van der Waals surface area contributed by atoms with Crippen LogP contribution in [0.25, 0.3) is 16.3 Å². The summed E-state index contributed by atoms with van der Waals surface area (Å²) in [7, 11) is 0. The third-order valence-corrected chi connectivity index (χ3v) is 3.38. The molecule has 0 N–H and O–H groups in total. The van der Waals surface area contributed by atoms with Gasteiger partial charge in [0.2, 0.25) is 0 Å².